The van der Waals surface area contributed by atoms with Crippen molar-refractivity contribution in [1.82, 2.24) is 0 Å². The maximum absolute atomic E-state index is 11.7. The molecule has 1 fully saturated rings. The number of aliphatic hydroxyl groups is 1. The molecular weight excluding hydrogens is 254 g/mol. The second-order valence-electron chi connectivity index (χ2n) is 4.25. The Morgan fingerprint density at radius 3 is 2.68 bits per heavy atom. The molecule has 7 heteroatoms. The van der Waals surface area contributed by atoms with Crippen LogP contribution in [-0.4, -0.2) is 41.4 Å². The molecule has 1 aromatic rings. The highest BCUT2D eigenvalue weighted by Gasteiger charge is 2.25. The molecule has 0 saturated carbocycles. The standard InChI is InChI=1S/C12H13NO6/c14-10-5-11(18-6-10)7-19-12(15)8-1-3-9(4-2-8)13(16)17/h1-4,10-11,14H,5-7H2/t10-,11-/m0/s1. The highest BCUT2D eigenvalue weighted by atomic mass is 16.6. The first-order valence-electron chi connectivity index (χ1n) is 5.77. The molecule has 0 aliphatic carbocycles. The lowest BCUT2D eigenvalue weighted by molar-refractivity contribution is -0.384. The number of hydrogen-bond acceptors (Lipinski definition) is 6. The molecule has 1 heterocycles. The normalized spacial score (nSPS) is 22.2. The summed E-state index contributed by atoms with van der Waals surface area (Å²) >= 11 is 0. The fraction of sp³-hybridized carbons (Fsp3) is 0.417. The summed E-state index contributed by atoms with van der Waals surface area (Å²) in [6, 6.07) is 5.16. The minimum absolute atomic E-state index is 0.0624. The third-order valence-electron chi connectivity index (χ3n) is 2.77. The second kappa shape index (κ2) is 5.77. The van der Waals surface area contributed by atoms with Crippen molar-refractivity contribution < 1.29 is 24.3 Å². The summed E-state index contributed by atoms with van der Waals surface area (Å²) in [5.41, 5.74) is 0.156. The summed E-state index contributed by atoms with van der Waals surface area (Å²) in [5.74, 6) is -0.570. The first-order valence-corrected chi connectivity index (χ1v) is 5.77. The number of non-ortho nitro benzene ring substituents is 1. The van der Waals surface area contributed by atoms with Crippen molar-refractivity contribution in [2.75, 3.05) is 13.2 Å². The van der Waals surface area contributed by atoms with Gasteiger partial charge in [-0.05, 0) is 12.1 Å². The van der Waals surface area contributed by atoms with Gasteiger partial charge in [-0.15, -0.1) is 0 Å². The smallest absolute Gasteiger partial charge is 0.338 e. The van der Waals surface area contributed by atoms with E-state index in [1.165, 1.54) is 24.3 Å². The molecule has 102 valence electrons. The molecule has 0 unspecified atom stereocenters. The summed E-state index contributed by atoms with van der Waals surface area (Å²) in [6.07, 6.45) is -0.367. The summed E-state index contributed by atoms with van der Waals surface area (Å²) in [7, 11) is 0. The van der Waals surface area contributed by atoms with Gasteiger partial charge in [0, 0.05) is 18.6 Å². The number of carbonyl (C=O) groups excluding carboxylic acids is 1. The monoisotopic (exact) mass is 267 g/mol. The van der Waals surface area contributed by atoms with E-state index in [4.69, 9.17) is 9.47 Å². The van der Waals surface area contributed by atoms with E-state index in [9.17, 15) is 20.0 Å². The lowest BCUT2D eigenvalue weighted by atomic mass is 10.2. The molecule has 0 radical (unpaired) electrons. The fourth-order valence-corrected chi connectivity index (χ4v) is 1.77. The number of aliphatic hydroxyl groups excluding tert-OH is 1. The van der Waals surface area contributed by atoms with Gasteiger partial charge in [0.2, 0.25) is 0 Å². The third kappa shape index (κ3) is 3.49. The lowest BCUT2D eigenvalue weighted by Crippen LogP contribution is -2.18. The van der Waals surface area contributed by atoms with E-state index in [0.29, 0.717) is 6.42 Å². The quantitative estimate of drug-likeness (QED) is 0.494. The molecule has 1 aromatic carbocycles. The minimum atomic E-state index is -0.570. The Kier molecular flexibility index (Phi) is 4.08. The van der Waals surface area contributed by atoms with Crippen molar-refractivity contribution in [3.63, 3.8) is 0 Å². The highest BCUT2D eigenvalue weighted by Crippen LogP contribution is 2.15. The molecule has 2 rings (SSSR count). The van der Waals surface area contributed by atoms with Gasteiger partial charge in [-0.1, -0.05) is 0 Å². The molecule has 1 aliphatic heterocycles. The van der Waals surface area contributed by atoms with E-state index in [1.54, 1.807) is 0 Å². The summed E-state index contributed by atoms with van der Waals surface area (Å²) in [4.78, 5) is 21.6. The van der Waals surface area contributed by atoms with Gasteiger partial charge in [-0.25, -0.2) is 4.79 Å². The fourth-order valence-electron chi connectivity index (χ4n) is 1.77. The van der Waals surface area contributed by atoms with Crippen molar-refractivity contribution in [1.29, 1.82) is 0 Å². The molecular formula is C12H13NO6. The number of hydrogen-bond donors (Lipinski definition) is 1. The van der Waals surface area contributed by atoms with Crippen LogP contribution in [-0.2, 0) is 9.47 Å². The van der Waals surface area contributed by atoms with E-state index < -0.39 is 17.0 Å². The Hall–Kier alpha value is -1.99. The van der Waals surface area contributed by atoms with Gasteiger partial charge in [0.25, 0.3) is 5.69 Å². The molecule has 0 spiro atoms. The van der Waals surface area contributed by atoms with Crippen LogP contribution in [0.5, 0.6) is 0 Å². The third-order valence-corrected chi connectivity index (χ3v) is 2.77. The van der Waals surface area contributed by atoms with E-state index >= 15 is 0 Å². The SMILES string of the molecule is O=C(OC[C@@H]1C[C@H](O)CO1)c1ccc([N+](=O)[O-])cc1. The van der Waals surface area contributed by atoms with Crippen LogP contribution in [0.3, 0.4) is 0 Å². The number of nitro benzene ring substituents is 1. The van der Waals surface area contributed by atoms with Crippen molar-refractivity contribution in [3.05, 3.63) is 39.9 Å². The van der Waals surface area contributed by atoms with E-state index in [-0.39, 0.29) is 30.6 Å². The number of benzene rings is 1. The zero-order valence-corrected chi connectivity index (χ0v) is 10.0. The molecule has 1 aliphatic rings. The topological polar surface area (TPSA) is 98.9 Å². The van der Waals surface area contributed by atoms with Gasteiger partial charge in [0.1, 0.15) is 6.61 Å². The van der Waals surface area contributed by atoms with Crippen molar-refractivity contribution in [3.8, 4) is 0 Å². The number of nitrogens with zero attached hydrogens (tertiary/aromatic N) is 1. The number of ether oxygens (including phenoxy) is 2. The lowest BCUT2D eigenvalue weighted by Gasteiger charge is -2.09. The van der Waals surface area contributed by atoms with Gasteiger partial charge in [-0.3, -0.25) is 10.1 Å². The van der Waals surface area contributed by atoms with Gasteiger partial charge in [0.05, 0.1) is 29.3 Å². The zero-order chi connectivity index (χ0) is 13.8. The molecule has 2 atom stereocenters. The molecule has 0 amide bonds. The Balaban J connectivity index is 1.87. The predicted molar refractivity (Wildman–Crippen MR) is 63.7 cm³/mol. The van der Waals surface area contributed by atoms with E-state index in [0.717, 1.165) is 0 Å². The van der Waals surface area contributed by atoms with Crippen LogP contribution in [0, 0.1) is 10.1 Å². The Bertz CT molecular complexity index is 472. The first kappa shape index (κ1) is 13.4. The molecule has 0 aromatic heterocycles. The maximum Gasteiger partial charge on any atom is 0.338 e. The van der Waals surface area contributed by atoms with Crippen LogP contribution < -0.4 is 0 Å². The zero-order valence-electron chi connectivity index (χ0n) is 10.0. The summed E-state index contributed by atoms with van der Waals surface area (Å²) < 4.78 is 10.2. The summed E-state index contributed by atoms with van der Waals surface area (Å²) in [5, 5.41) is 19.7. The van der Waals surface area contributed by atoms with Crippen LogP contribution in [0.25, 0.3) is 0 Å². The number of carbonyl (C=O) groups is 1. The van der Waals surface area contributed by atoms with E-state index in [2.05, 4.69) is 0 Å². The Labute approximate surface area is 108 Å². The van der Waals surface area contributed by atoms with Gasteiger partial charge in [0.15, 0.2) is 0 Å². The van der Waals surface area contributed by atoms with Gasteiger partial charge >= 0.3 is 5.97 Å². The average Bonchev–Trinajstić information content (AvgIpc) is 2.82. The molecule has 1 N–H and O–H groups in total. The van der Waals surface area contributed by atoms with Crippen molar-refractivity contribution in [2.45, 2.75) is 18.6 Å². The minimum Gasteiger partial charge on any atom is -0.459 e. The van der Waals surface area contributed by atoms with E-state index in [1.807, 2.05) is 0 Å². The number of nitro groups is 1. The molecule has 7 nitrogen and oxygen atoms in total. The second-order valence-corrected chi connectivity index (χ2v) is 4.25. The highest BCUT2D eigenvalue weighted by molar-refractivity contribution is 5.89. The van der Waals surface area contributed by atoms with Crippen LogP contribution >= 0.6 is 0 Å². The Morgan fingerprint density at radius 1 is 1.47 bits per heavy atom. The van der Waals surface area contributed by atoms with Crippen LogP contribution in [0.4, 0.5) is 5.69 Å². The van der Waals surface area contributed by atoms with Gasteiger partial charge < -0.3 is 14.6 Å². The van der Waals surface area contributed by atoms with Gasteiger partial charge in [-0.2, -0.15) is 0 Å². The molecule has 19 heavy (non-hydrogen) atoms. The van der Waals surface area contributed by atoms with Crippen LogP contribution in [0.1, 0.15) is 16.8 Å². The molecule has 1 saturated heterocycles. The van der Waals surface area contributed by atoms with Crippen LogP contribution in [0.15, 0.2) is 24.3 Å². The Morgan fingerprint density at radius 2 is 2.16 bits per heavy atom. The van der Waals surface area contributed by atoms with Crippen molar-refractivity contribution >= 4 is 11.7 Å². The largest absolute Gasteiger partial charge is 0.459 e. The molecule has 0 bridgehead atoms. The predicted octanol–water partition coefficient (Wildman–Crippen LogP) is 0.901. The maximum atomic E-state index is 11.7. The average molecular weight is 267 g/mol. The summed E-state index contributed by atoms with van der Waals surface area (Å²) in [6.45, 7) is 0.312. The number of esters is 1. The number of rotatable bonds is 4. The van der Waals surface area contributed by atoms with Crippen molar-refractivity contribution in [2.24, 2.45) is 0 Å². The van der Waals surface area contributed by atoms with Crippen LogP contribution in [0.2, 0.25) is 0 Å². The first-order chi connectivity index (χ1) is 9.06.